The van der Waals surface area contributed by atoms with Crippen LogP contribution in [-0.2, 0) is 0 Å². The van der Waals surface area contributed by atoms with Gasteiger partial charge in [-0.05, 0) is 28.9 Å². The van der Waals surface area contributed by atoms with Crippen LogP contribution in [0.3, 0.4) is 0 Å². The lowest BCUT2D eigenvalue weighted by Gasteiger charge is -2.18. The summed E-state index contributed by atoms with van der Waals surface area (Å²) in [5, 5.41) is 0. The van der Waals surface area contributed by atoms with E-state index in [1.807, 2.05) is 12.3 Å². The molecule has 1 aliphatic rings. The van der Waals surface area contributed by atoms with Gasteiger partial charge in [-0.3, -0.25) is 4.98 Å². The zero-order valence-electron chi connectivity index (χ0n) is 7.03. The zero-order chi connectivity index (χ0) is 8.55. The van der Waals surface area contributed by atoms with Crippen LogP contribution < -0.4 is 0 Å². The highest BCUT2D eigenvalue weighted by molar-refractivity contribution is 5.26. The van der Waals surface area contributed by atoms with Crippen LogP contribution in [0, 0.1) is 11.8 Å². The van der Waals surface area contributed by atoms with Crippen molar-refractivity contribution in [3.8, 4) is 0 Å². The van der Waals surface area contributed by atoms with Crippen molar-refractivity contribution in [1.82, 2.24) is 4.98 Å². The van der Waals surface area contributed by atoms with Crippen LogP contribution in [0.1, 0.15) is 17.0 Å². The normalized spacial score (nSPS) is 17.6. The lowest BCUT2D eigenvalue weighted by molar-refractivity contribution is -0.611. The minimum Gasteiger partial charge on any atom is -0.264 e. The van der Waals surface area contributed by atoms with E-state index >= 15 is 0 Å². The third-order valence-corrected chi connectivity index (χ3v) is 2.37. The van der Waals surface area contributed by atoms with Crippen molar-refractivity contribution in [2.75, 3.05) is 13.1 Å². The fraction of sp³-hybridized carbons (Fsp3) is 0.444. The van der Waals surface area contributed by atoms with Gasteiger partial charge < -0.3 is 0 Å². The first-order chi connectivity index (χ1) is 5.77. The molecule has 0 bridgehead atoms. The summed E-state index contributed by atoms with van der Waals surface area (Å²) < 4.78 is 1.08. The fourth-order valence-electron chi connectivity index (χ4n) is 1.54. The van der Waals surface area contributed by atoms with Gasteiger partial charge in [0.25, 0.3) is 0 Å². The number of pyridine rings is 1. The number of hydrogen-bond acceptors (Lipinski definition) is 2. The van der Waals surface area contributed by atoms with Crippen LogP contribution in [0.25, 0.3) is 0 Å². The SMILES string of the molecule is Cc1ccncc1C1C[N+](=O)C1. The van der Waals surface area contributed by atoms with Crippen molar-refractivity contribution in [3.05, 3.63) is 34.5 Å². The zero-order valence-corrected chi connectivity index (χ0v) is 7.03. The number of nitroso groups, excluding NO2 is 1. The second-order valence-electron chi connectivity index (χ2n) is 3.28. The largest absolute Gasteiger partial charge is 0.264 e. The molecule has 1 fully saturated rings. The standard InChI is InChI=1S/C9H11N2O/c1-7-2-3-10-4-9(7)8-5-11(12)6-8/h2-4,8H,5-6H2,1H3/q+1. The first-order valence-electron chi connectivity index (χ1n) is 4.10. The molecule has 3 nitrogen and oxygen atoms in total. The lowest BCUT2D eigenvalue weighted by Crippen LogP contribution is -2.35. The maximum Gasteiger partial charge on any atom is 0.205 e. The molecule has 1 aromatic heterocycles. The molecule has 0 aromatic carbocycles. The molecule has 0 spiro atoms. The van der Waals surface area contributed by atoms with Crippen LogP contribution in [-0.4, -0.2) is 22.8 Å². The minimum absolute atomic E-state index is 0.413. The van der Waals surface area contributed by atoms with Gasteiger partial charge in [-0.15, -0.1) is 0 Å². The van der Waals surface area contributed by atoms with Gasteiger partial charge in [-0.2, -0.15) is 0 Å². The Morgan fingerprint density at radius 1 is 1.58 bits per heavy atom. The molecular weight excluding hydrogens is 152 g/mol. The molecule has 0 saturated carbocycles. The molecule has 0 unspecified atom stereocenters. The molecule has 1 saturated heterocycles. The Kier molecular flexibility index (Phi) is 1.64. The molecule has 12 heavy (non-hydrogen) atoms. The highest BCUT2D eigenvalue weighted by Gasteiger charge is 2.36. The Morgan fingerprint density at radius 2 is 2.33 bits per heavy atom. The molecule has 0 atom stereocenters. The average molecular weight is 163 g/mol. The molecule has 3 heteroatoms. The van der Waals surface area contributed by atoms with Crippen molar-refractivity contribution in [3.63, 3.8) is 0 Å². The summed E-state index contributed by atoms with van der Waals surface area (Å²) in [6.45, 7) is 3.32. The fourth-order valence-corrected chi connectivity index (χ4v) is 1.54. The Hall–Kier alpha value is -1.25. The Labute approximate surface area is 71.0 Å². The molecule has 0 amide bonds. The van der Waals surface area contributed by atoms with Crippen molar-refractivity contribution < 1.29 is 4.76 Å². The van der Waals surface area contributed by atoms with Gasteiger partial charge >= 0.3 is 0 Å². The minimum atomic E-state index is 0.413. The van der Waals surface area contributed by atoms with E-state index < -0.39 is 0 Å². The van der Waals surface area contributed by atoms with Gasteiger partial charge in [0.2, 0.25) is 13.1 Å². The third kappa shape index (κ3) is 1.11. The third-order valence-electron chi connectivity index (χ3n) is 2.37. The second kappa shape index (κ2) is 2.66. The maximum absolute atomic E-state index is 10.7. The van der Waals surface area contributed by atoms with E-state index in [4.69, 9.17) is 0 Å². The van der Waals surface area contributed by atoms with Crippen LogP contribution >= 0.6 is 0 Å². The predicted octanol–water partition coefficient (Wildman–Crippen LogP) is 1.27. The van der Waals surface area contributed by atoms with E-state index in [2.05, 4.69) is 11.9 Å². The molecule has 2 rings (SSSR count). The van der Waals surface area contributed by atoms with E-state index in [1.54, 1.807) is 6.20 Å². The van der Waals surface area contributed by atoms with Crippen LogP contribution in [0.5, 0.6) is 0 Å². The second-order valence-corrected chi connectivity index (χ2v) is 3.28. The van der Waals surface area contributed by atoms with Gasteiger partial charge in [0.05, 0.1) is 0 Å². The predicted molar refractivity (Wildman–Crippen MR) is 45.1 cm³/mol. The average Bonchev–Trinajstić information content (AvgIpc) is 2.01. The summed E-state index contributed by atoms with van der Waals surface area (Å²) in [6, 6.07) is 1.99. The summed E-state index contributed by atoms with van der Waals surface area (Å²) >= 11 is 0. The van der Waals surface area contributed by atoms with E-state index in [1.165, 1.54) is 11.1 Å². The van der Waals surface area contributed by atoms with Gasteiger partial charge in [0, 0.05) is 17.3 Å². The lowest BCUT2D eigenvalue weighted by atomic mass is 9.92. The number of rotatable bonds is 1. The number of aromatic nitrogens is 1. The van der Waals surface area contributed by atoms with Crippen LogP contribution in [0.4, 0.5) is 0 Å². The topological polar surface area (TPSA) is 33.0 Å². The highest BCUT2D eigenvalue weighted by atomic mass is 16.3. The summed E-state index contributed by atoms with van der Waals surface area (Å²) in [7, 11) is 0. The summed E-state index contributed by atoms with van der Waals surface area (Å²) in [6.07, 6.45) is 3.65. The van der Waals surface area contributed by atoms with E-state index in [0.29, 0.717) is 19.0 Å². The van der Waals surface area contributed by atoms with Gasteiger partial charge in [-0.1, -0.05) is 0 Å². The van der Waals surface area contributed by atoms with Crippen molar-refractivity contribution in [2.24, 2.45) is 0 Å². The number of nitrogens with zero attached hydrogens (tertiary/aromatic N) is 2. The van der Waals surface area contributed by atoms with Gasteiger partial charge in [-0.25, -0.2) is 0 Å². The van der Waals surface area contributed by atoms with E-state index in [9.17, 15) is 4.91 Å². The smallest absolute Gasteiger partial charge is 0.205 e. The molecule has 1 aliphatic heterocycles. The molecule has 0 aliphatic carbocycles. The summed E-state index contributed by atoms with van der Waals surface area (Å²) in [5.74, 6) is 0.413. The van der Waals surface area contributed by atoms with E-state index in [-0.39, 0.29) is 0 Å². The van der Waals surface area contributed by atoms with Crippen molar-refractivity contribution in [2.45, 2.75) is 12.8 Å². The Bertz CT molecular complexity index is 314. The van der Waals surface area contributed by atoms with Crippen molar-refractivity contribution in [1.29, 1.82) is 0 Å². The van der Waals surface area contributed by atoms with Crippen LogP contribution in [0.15, 0.2) is 18.5 Å². The molecule has 62 valence electrons. The van der Waals surface area contributed by atoms with Gasteiger partial charge in [0.15, 0.2) is 0 Å². The monoisotopic (exact) mass is 163 g/mol. The molecular formula is C9H11N2O+. The Balaban J connectivity index is 2.23. The summed E-state index contributed by atoms with van der Waals surface area (Å²) in [5.41, 5.74) is 2.47. The summed E-state index contributed by atoms with van der Waals surface area (Å²) in [4.78, 5) is 14.7. The number of hydrogen-bond donors (Lipinski definition) is 0. The first kappa shape index (κ1) is 7.40. The molecule has 1 aromatic rings. The van der Waals surface area contributed by atoms with Crippen LogP contribution in [0.2, 0.25) is 0 Å². The molecule has 0 radical (unpaired) electrons. The van der Waals surface area contributed by atoms with E-state index in [0.717, 1.165) is 4.76 Å². The first-order valence-corrected chi connectivity index (χ1v) is 4.10. The van der Waals surface area contributed by atoms with Gasteiger partial charge in [0.1, 0.15) is 5.92 Å². The Morgan fingerprint density at radius 3 is 2.92 bits per heavy atom. The molecule has 0 N–H and O–H groups in total. The van der Waals surface area contributed by atoms with Crippen molar-refractivity contribution >= 4 is 0 Å². The number of aryl methyl sites for hydroxylation is 1. The molecule has 2 heterocycles. The maximum atomic E-state index is 10.7. The quantitative estimate of drug-likeness (QED) is 0.584. The highest BCUT2D eigenvalue weighted by Crippen LogP contribution is 2.24.